The number of nitrogens with zero attached hydrogens (tertiary/aromatic N) is 3. The number of hydrogen-bond acceptors (Lipinski definition) is 4. The molecule has 0 aliphatic carbocycles. The van der Waals surface area contributed by atoms with E-state index in [-0.39, 0.29) is 10.9 Å². The summed E-state index contributed by atoms with van der Waals surface area (Å²) in [5.74, 6) is 0. The normalized spacial score (nSPS) is 21.7. The molecule has 1 aliphatic rings. The Morgan fingerprint density at radius 3 is 2.52 bits per heavy atom. The van der Waals surface area contributed by atoms with Crippen LogP contribution in [0.4, 0.5) is 0 Å². The minimum atomic E-state index is -3.50. The molecule has 0 bridgehead atoms. The van der Waals surface area contributed by atoms with Gasteiger partial charge in [0.25, 0.3) is 0 Å². The van der Waals surface area contributed by atoms with Crippen molar-refractivity contribution >= 4 is 10.0 Å². The van der Waals surface area contributed by atoms with E-state index in [0.29, 0.717) is 12.1 Å². The Kier molecular flexibility index (Phi) is 4.99. The van der Waals surface area contributed by atoms with E-state index in [1.807, 2.05) is 20.0 Å². The monoisotopic (exact) mass is 307 g/mol. The van der Waals surface area contributed by atoms with Crippen LogP contribution in [0.3, 0.4) is 0 Å². The van der Waals surface area contributed by atoms with Gasteiger partial charge in [0.2, 0.25) is 10.0 Å². The van der Waals surface area contributed by atoms with Crippen molar-refractivity contribution in [2.24, 2.45) is 0 Å². The zero-order valence-electron chi connectivity index (χ0n) is 12.5. The SMILES string of the molecule is CCC1CN(C)CCCN1S(=O)(=O)c1ccc(C#N)cc1. The fourth-order valence-electron chi connectivity index (χ4n) is 2.71. The van der Waals surface area contributed by atoms with Gasteiger partial charge in [-0.15, -0.1) is 0 Å². The van der Waals surface area contributed by atoms with Gasteiger partial charge in [-0.1, -0.05) is 6.92 Å². The Hall–Kier alpha value is -1.42. The minimum absolute atomic E-state index is 0.00172. The van der Waals surface area contributed by atoms with Crippen molar-refractivity contribution in [3.63, 3.8) is 0 Å². The molecule has 0 radical (unpaired) electrons. The Bertz CT molecular complexity index is 619. The molecule has 0 saturated carbocycles. The summed E-state index contributed by atoms with van der Waals surface area (Å²) in [5, 5.41) is 8.81. The fraction of sp³-hybridized carbons (Fsp3) is 0.533. The van der Waals surface area contributed by atoms with Gasteiger partial charge >= 0.3 is 0 Å². The van der Waals surface area contributed by atoms with E-state index in [9.17, 15) is 8.42 Å². The van der Waals surface area contributed by atoms with E-state index in [1.54, 1.807) is 16.4 Å². The van der Waals surface area contributed by atoms with Crippen molar-refractivity contribution in [1.29, 1.82) is 5.26 Å². The molecule has 1 aromatic carbocycles. The first-order chi connectivity index (χ1) is 9.98. The van der Waals surface area contributed by atoms with Gasteiger partial charge in [-0.3, -0.25) is 0 Å². The molecule has 1 heterocycles. The summed E-state index contributed by atoms with van der Waals surface area (Å²) in [5.41, 5.74) is 0.469. The number of likely N-dealkylation sites (N-methyl/N-ethyl adjacent to an activating group) is 1. The molecule has 1 atom stereocenters. The largest absolute Gasteiger partial charge is 0.305 e. The quantitative estimate of drug-likeness (QED) is 0.852. The smallest absolute Gasteiger partial charge is 0.243 e. The van der Waals surface area contributed by atoms with Gasteiger partial charge < -0.3 is 4.90 Å². The molecule has 0 amide bonds. The van der Waals surface area contributed by atoms with Crippen molar-refractivity contribution in [2.75, 3.05) is 26.7 Å². The molecule has 6 heteroatoms. The van der Waals surface area contributed by atoms with Gasteiger partial charge in [-0.05, 0) is 50.7 Å². The van der Waals surface area contributed by atoms with Gasteiger partial charge in [0.15, 0.2) is 0 Å². The van der Waals surface area contributed by atoms with E-state index in [0.717, 1.165) is 25.9 Å². The van der Waals surface area contributed by atoms with E-state index >= 15 is 0 Å². The van der Waals surface area contributed by atoms with Gasteiger partial charge in [0.05, 0.1) is 16.5 Å². The molecule has 1 aromatic rings. The van der Waals surface area contributed by atoms with Crippen molar-refractivity contribution in [3.8, 4) is 6.07 Å². The average molecular weight is 307 g/mol. The average Bonchev–Trinajstić information content (AvgIpc) is 2.68. The van der Waals surface area contributed by atoms with E-state index in [1.165, 1.54) is 12.1 Å². The van der Waals surface area contributed by atoms with Crippen LogP contribution in [0.1, 0.15) is 25.3 Å². The Balaban J connectivity index is 2.33. The summed E-state index contributed by atoms with van der Waals surface area (Å²) in [4.78, 5) is 2.45. The lowest BCUT2D eigenvalue weighted by molar-refractivity contribution is 0.270. The first kappa shape index (κ1) is 16.0. The molecule has 1 aliphatic heterocycles. The van der Waals surface area contributed by atoms with Crippen LogP contribution in [0.25, 0.3) is 0 Å². The van der Waals surface area contributed by atoms with Gasteiger partial charge in [-0.25, -0.2) is 8.42 Å². The molecule has 0 spiro atoms. The number of rotatable bonds is 3. The van der Waals surface area contributed by atoms with Crippen LogP contribution in [-0.4, -0.2) is 50.3 Å². The Morgan fingerprint density at radius 1 is 1.29 bits per heavy atom. The fourth-order valence-corrected chi connectivity index (χ4v) is 4.44. The second kappa shape index (κ2) is 6.56. The first-order valence-electron chi connectivity index (χ1n) is 7.19. The van der Waals surface area contributed by atoms with E-state index in [2.05, 4.69) is 4.90 Å². The van der Waals surface area contributed by atoms with Crippen LogP contribution in [0.15, 0.2) is 29.2 Å². The van der Waals surface area contributed by atoms with Crippen molar-refractivity contribution in [3.05, 3.63) is 29.8 Å². The Morgan fingerprint density at radius 2 is 1.95 bits per heavy atom. The maximum Gasteiger partial charge on any atom is 0.243 e. The number of benzene rings is 1. The standard InChI is InChI=1S/C15H21N3O2S/c1-3-14-12-17(2)9-4-10-18(14)21(19,20)15-7-5-13(11-16)6-8-15/h5-8,14H,3-4,9-10,12H2,1-2H3. The Labute approximate surface area is 126 Å². The van der Waals surface area contributed by atoms with Crippen LogP contribution in [0.5, 0.6) is 0 Å². The van der Waals surface area contributed by atoms with Crippen LogP contribution in [0.2, 0.25) is 0 Å². The second-order valence-corrected chi connectivity index (χ2v) is 7.32. The first-order valence-corrected chi connectivity index (χ1v) is 8.63. The summed E-state index contributed by atoms with van der Waals surface area (Å²) in [7, 11) is -1.47. The summed E-state index contributed by atoms with van der Waals surface area (Å²) in [6.07, 6.45) is 1.63. The molecule has 1 saturated heterocycles. The van der Waals surface area contributed by atoms with Crippen LogP contribution in [-0.2, 0) is 10.0 Å². The predicted octanol–water partition coefficient (Wildman–Crippen LogP) is 1.66. The van der Waals surface area contributed by atoms with Crippen LogP contribution >= 0.6 is 0 Å². The third-order valence-electron chi connectivity index (χ3n) is 3.91. The predicted molar refractivity (Wildman–Crippen MR) is 81.2 cm³/mol. The van der Waals surface area contributed by atoms with Gasteiger partial charge in [0.1, 0.15) is 0 Å². The molecule has 5 nitrogen and oxygen atoms in total. The van der Waals surface area contributed by atoms with E-state index in [4.69, 9.17) is 5.26 Å². The molecule has 114 valence electrons. The minimum Gasteiger partial charge on any atom is -0.305 e. The van der Waals surface area contributed by atoms with Crippen molar-refractivity contribution in [1.82, 2.24) is 9.21 Å². The molecular formula is C15H21N3O2S. The topological polar surface area (TPSA) is 64.4 Å². The maximum atomic E-state index is 12.8. The highest BCUT2D eigenvalue weighted by molar-refractivity contribution is 7.89. The molecule has 0 N–H and O–H groups in total. The zero-order chi connectivity index (χ0) is 15.5. The number of nitriles is 1. The van der Waals surface area contributed by atoms with Gasteiger partial charge in [-0.2, -0.15) is 9.57 Å². The number of hydrogen-bond donors (Lipinski definition) is 0. The maximum absolute atomic E-state index is 12.8. The highest BCUT2D eigenvalue weighted by atomic mass is 32.2. The molecule has 21 heavy (non-hydrogen) atoms. The molecular weight excluding hydrogens is 286 g/mol. The molecule has 2 rings (SSSR count). The second-order valence-electron chi connectivity index (χ2n) is 5.43. The van der Waals surface area contributed by atoms with Crippen molar-refractivity contribution < 1.29 is 8.42 Å². The van der Waals surface area contributed by atoms with Crippen LogP contribution in [0, 0.1) is 11.3 Å². The summed E-state index contributed by atoms with van der Waals surface area (Å²) in [6, 6.07) is 8.16. The third-order valence-corrected chi connectivity index (χ3v) is 5.88. The molecule has 1 unspecified atom stereocenters. The summed E-state index contributed by atoms with van der Waals surface area (Å²) >= 11 is 0. The highest BCUT2D eigenvalue weighted by Gasteiger charge is 2.32. The zero-order valence-corrected chi connectivity index (χ0v) is 13.3. The lowest BCUT2D eigenvalue weighted by atomic mass is 10.2. The molecule has 0 aromatic heterocycles. The van der Waals surface area contributed by atoms with Crippen molar-refractivity contribution in [2.45, 2.75) is 30.7 Å². The highest BCUT2D eigenvalue weighted by Crippen LogP contribution is 2.22. The van der Waals surface area contributed by atoms with E-state index < -0.39 is 10.0 Å². The van der Waals surface area contributed by atoms with Gasteiger partial charge in [0, 0.05) is 19.1 Å². The summed E-state index contributed by atoms with van der Waals surface area (Å²) < 4.78 is 27.3. The third kappa shape index (κ3) is 3.43. The lowest BCUT2D eigenvalue weighted by Crippen LogP contribution is -2.43. The summed E-state index contributed by atoms with van der Waals surface area (Å²) in [6.45, 7) is 4.23. The number of sulfonamides is 1. The molecule has 1 fully saturated rings. The lowest BCUT2D eigenvalue weighted by Gasteiger charge is -2.29. The van der Waals surface area contributed by atoms with Crippen LogP contribution < -0.4 is 0 Å².